The summed E-state index contributed by atoms with van der Waals surface area (Å²) in [5.41, 5.74) is 3.20. The molecule has 1 N–H and O–H groups in total. The smallest absolute Gasteiger partial charge is 0.0509 e. The van der Waals surface area contributed by atoms with Gasteiger partial charge in [0.25, 0.3) is 0 Å². The van der Waals surface area contributed by atoms with E-state index in [4.69, 9.17) is 4.74 Å². The van der Waals surface area contributed by atoms with Crippen LogP contribution in [-0.2, 0) is 11.2 Å². The van der Waals surface area contributed by atoms with Crippen LogP contribution in [0.3, 0.4) is 0 Å². The highest BCUT2D eigenvalue weighted by atomic mass is 16.5. The molecule has 0 aromatic heterocycles. The predicted molar refractivity (Wildman–Crippen MR) is 87.7 cm³/mol. The highest BCUT2D eigenvalue weighted by Gasteiger charge is 2.28. The van der Waals surface area contributed by atoms with Crippen LogP contribution in [0.2, 0.25) is 0 Å². The van der Waals surface area contributed by atoms with Crippen molar-refractivity contribution in [3.63, 3.8) is 0 Å². The van der Waals surface area contributed by atoms with Gasteiger partial charge in [0.15, 0.2) is 0 Å². The Labute approximate surface area is 129 Å². The Morgan fingerprint density at radius 1 is 1.24 bits per heavy atom. The normalized spacial score (nSPS) is 27.1. The first kappa shape index (κ1) is 15.1. The molecule has 2 heteroatoms. The number of aryl methyl sites for hydroxylation is 1. The fraction of sp³-hybridized carbons (Fsp3) is 0.684. The molecule has 1 fully saturated rings. The van der Waals surface area contributed by atoms with Crippen molar-refractivity contribution in [2.75, 3.05) is 19.8 Å². The van der Waals surface area contributed by atoms with E-state index in [9.17, 15) is 0 Å². The summed E-state index contributed by atoms with van der Waals surface area (Å²) in [6, 6.07) is 9.71. The van der Waals surface area contributed by atoms with Crippen LogP contribution < -0.4 is 5.32 Å². The van der Waals surface area contributed by atoms with E-state index in [-0.39, 0.29) is 0 Å². The molecule has 3 atom stereocenters. The third kappa shape index (κ3) is 3.67. The van der Waals surface area contributed by atoms with E-state index in [0.29, 0.717) is 12.0 Å². The fourth-order valence-electron chi connectivity index (χ4n) is 4.19. The Morgan fingerprint density at radius 2 is 2.14 bits per heavy atom. The molecule has 0 amide bonds. The average molecular weight is 287 g/mol. The van der Waals surface area contributed by atoms with Gasteiger partial charge in [-0.15, -0.1) is 0 Å². The van der Waals surface area contributed by atoms with Gasteiger partial charge in [-0.3, -0.25) is 0 Å². The minimum Gasteiger partial charge on any atom is -0.381 e. The second-order valence-corrected chi connectivity index (χ2v) is 6.67. The maximum atomic E-state index is 5.73. The van der Waals surface area contributed by atoms with Gasteiger partial charge in [-0.05, 0) is 68.0 Å². The Bertz CT molecular complexity index is 439. The maximum absolute atomic E-state index is 5.73. The third-order valence-corrected chi connectivity index (χ3v) is 5.26. The minimum absolute atomic E-state index is 0.617. The summed E-state index contributed by atoms with van der Waals surface area (Å²) in [5.74, 6) is 1.44. The van der Waals surface area contributed by atoms with Gasteiger partial charge in [-0.2, -0.15) is 0 Å². The highest BCUT2D eigenvalue weighted by Crippen LogP contribution is 2.36. The van der Waals surface area contributed by atoms with Gasteiger partial charge < -0.3 is 10.1 Å². The van der Waals surface area contributed by atoms with Crippen LogP contribution in [0.4, 0.5) is 0 Å². The van der Waals surface area contributed by atoms with E-state index in [1.807, 2.05) is 0 Å². The Kier molecular flexibility index (Phi) is 5.32. The van der Waals surface area contributed by atoms with Crippen LogP contribution in [0.15, 0.2) is 24.3 Å². The van der Waals surface area contributed by atoms with Crippen LogP contribution in [-0.4, -0.2) is 25.8 Å². The number of ether oxygens (including phenoxy) is 1. The lowest BCUT2D eigenvalue weighted by Crippen LogP contribution is -2.41. The SMILES string of the molecule is CCNC(CC1CCCc2ccccc21)C1CCCOC1. The van der Waals surface area contributed by atoms with Crippen molar-refractivity contribution in [1.29, 1.82) is 0 Å². The minimum atomic E-state index is 0.617. The van der Waals surface area contributed by atoms with Crippen LogP contribution in [0.5, 0.6) is 0 Å². The summed E-state index contributed by atoms with van der Waals surface area (Å²) in [5, 5.41) is 3.75. The van der Waals surface area contributed by atoms with E-state index >= 15 is 0 Å². The predicted octanol–water partition coefficient (Wildman–Crippen LogP) is 3.90. The number of fused-ring (bicyclic) bond motifs is 1. The number of hydrogen-bond donors (Lipinski definition) is 1. The zero-order valence-corrected chi connectivity index (χ0v) is 13.3. The Balaban J connectivity index is 1.71. The molecule has 0 radical (unpaired) electrons. The zero-order chi connectivity index (χ0) is 14.5. The van der Waals surface area contributed by atoms with Crippen molar-refractivity contribution in [2.24, 2.45) is 5.92 Å². The van der Waals surface area contributed by atoms with Gasteiger partial charge in [0.2, 0.25) is 0 Å². The molecule has 1 aliphatic heterocycles. The zero-order valence-electron chi connectivity index (χ0n) is 13.3. The number of rotatable bonds is 5. The van der Waals surface area contributed by atoms with Gasteiger partial charge in [0.05, 0.1) is 6.61 Å². The second kappa shape index (κ2) is 7.42. The molecular formula is C19H29NO. The number of benzene rings is 1. The molecule has 1 aromatic rings. The Hall–Kier alpha value is -0.860. The van der Waals surface area contributed by atoms with Gasteiger partial charge in [0.1, 0.15) is 0 Å². The fourth-order valence-corrected chi connectivity index (χ4v) is 4.19. The first-order valence-corrected chi connectivity index (χ1v) is 8.77. The van der Waals surface area contributed by atoms with Crippen molar-refractivity contribution >= 4 is 0 Å². The second-order valence-electron chi connectivity index (χ2n) is 6.67. The summed E-state index contributed by atoms with van der Waals surface area (Å²) >= 11 is 0. The molecule has 1 saturated heterocycles. The van der Waals surface area contributed by atoms with Crippen LogP contribution >= 0.6 is 0 Å². The molecule has 1 aliphatic carbocycles. The van der Waals surface area contributed by atoms with Crippen LogP contribution in [0, 0.1) is 5.92 Å². The monoisotopic (exact) mass is 287 g/mol. The molecule has 1 aromatic carbocycles. The van der Waals surface area contributed by atoms with Crippen LogP contribution in [0.25, 0.3) is 0 Å². The van der Waals surface area contributed by atoms with Gasteiger partial charge >= 0.3 is 0 Å². The maximum Gasteiger partial charge on any atom is 0.0509 e. The largest absolute Gasteiger partial charge is 0.381 e. The Morgan fingerprint density at radius 3 is 2.95 bits per heavy atom. The molecule has 0 bridgehead atoms. The molecule has 2 nitrogen and oxygen atoms in total. The van der Waals surface area contributed by atoms with Crippen molar-refractivity contribution in [3.05, 3.63) is 35.4 Å². The lowest BCUT2D eigenvalue weighted by atomic mass is 9.77. The summed E-state index contributed by atoms with van der Waals surface area (Å²) in [6.45, 7) is 5.20. The van der Waals surface area contributed by atoms with E-state index in [2.05, 4.69) is 36.5 Å². The highest BCUT2D eigenvalue weighted by molar-refractivity contribution is 5.32. The lowest BCUT2D eigenvalue weighted by molar-refractivity contribution is 0.0368. The van der Waals surface area contributed by atoms with E-state index < -0.39 is 0 Å². The summed E-state index contributed by atoms with van der Waals surface area (Å²) in [7, 11) is 0. The molecule has 116 valence electrons. The lowest BCUT2D eigenvalue weighted by Gasteiger charge is -2.35. The number of hydrogen-bond acceptors (Lipinski definition) is 2. The van der Waals surface area contributed by atoms with E-state index in [1.165, 1.54) is 38.5 Å². The van der Waals surface area contributed by atoms with E-state index in [0.717, 1.165) is 25.7 Å². The standard InChI is InChI=1S/C19H29NO/c1-2-20-19(17-10-6-12-21-14-17)13-16-9-5-8-15-7-3-4-11-18(15)16/h3-4,7,11,16-17,19-20H,2,5-6,8-10,12-14H2,1H3. The quantitative estimate of drug-likeness (QED) is 0.887. The van der Waals surface area contributed by atoms with Crippen LogP contribution in [0.1, 0.15) is 56.1 Å². The first-order valence-electron chi connectivity index (χ1n) is 8.77. The molecule has 0 saturated carbocycles. The third-order valence-electron chi connectivity index (χ3n) is 5.26. The van der Waals surface area contributed by atoms with Gasteiger partial charge in [-0.1, -0.05) is 31.2 Å². The molecule has 0 spiro atoms. The molecule has 3 rings (SSSR count). The molecule has 21 heavy (non-hydrogen) atoms. The summed E-state index contributed by atoms with van der Waals surface area (Å²) < 4.78 is 5.73. The molecule has 1 heterocycles. The topological polar surface area (TPSA) is 21.3 Å². The van der Waals surface area contributed by atoms with Crippen molar-refractivity contribution < 1.29 is 4.74 Å². The van der Waals surface area contributed by atoms with Crippen molar-refractivity contribution in [1.82, 2.24) is 5.32 Å². The number of nitrogens with one attached hydrogen (secondary N) is 1. The summed E-state index contributed by atoms with van der Waals surface area (Å²) in [4.78, 5) is 0. The first-order chi connectivity index (χ1) is 10.4. The molecular weight excluding hydrogens is 258 g/mol. The molecule has 3 unspecified atom stereocenters. The van der Waals surface area contributed by atoms with Gasteiger partial charge in [-0.25, -0.2) is 0 Å². The molecule has 2 aliphatic rings. The summed E-state index contributed by atoms with van der Waals surface area (Å²) in [6.07, 6.45) is 7.80. The van der Waals surface area contributed by atoms with Crippen molar-refractivity contribution in [3.8, 4) is 0 Å². The van der Waals surface area contributed by atoms with Gasteiger partial charge in [0, 0.05) is 12.6 Å². The van der Waals surface area contributed by atoms with E-state index in [1.54, 1.807) is 11.1 Å². The average Bonchev–Trinajstić information content (AvgIpc) is 2.55. The van der Waals surface area contributed by atoms with Crippen molar-refractivity contribution in [2.45, 2.75) is 57.4 Å².